The van der Waals surface area contributed by atoms with Crippen LogP contribution in [0.2, 0.25) is 0 Å². The van der Waals surface area contributed by atoms with Crippen LogP contribution in [0.1, 0.15) is 34.6 Å². The van der Waals surface area contributed by atoms with Crippen molar-refractivity contribution < 1.29 is 4.79 Å². The summed E-state index contributed by atoms with van der Waals surface area (Å²) in [5, 5.41) is 9.66. The molecule has 0 radical (unpaired) electrons. The van der Waals surface area contributed by atoms with Gasteiger partial charge < -0.3 is 16.0 Å². The highest BCUT2D eigenvalue weighted by molar-refractivity contribution is 5.94. The van der Waals surface area contributed by atoms with Crippen molar-refractivity contribution in [3.63, 3.8) is 0 Å². The lowest BCUT2D eigenvalue weighted by atomic mass is 9.90. The second-order valence-electron chi connectivity index (χ2n) is 6.77. The van der Waals surface area contributed by atoms with Gasteiger partial charge in [0.15, 0.2) is 5.96 Å². The van der Waals surface area contributed by atoms with Gasteiger partial charge in [-0.05, 0) is 36.6 Å². The number of anilines is 1. The van der Waals surface area contributed by atoms with Gasteiger partial charge in [0.05, 0.1) is 0 Å². The van der Waals surface area contributed by atoms with E-state index in [2.05, 4.69) is 59.1 Å². The summed E-state index contributed by atoms with van der Waals surface area (Å²) in [5.74, 6) is 0.946. The van der Waals surface area contributed by atoms with Gasteiger partial charge in [0.1, 0.15) is 0 Å². The van der Waals surface area contributed by atoms with Crippen LogP contribution < -0.4 is 16.0 Å². The van der Waals surface area contributed by atoms with Crippen LogP contribution in [-0.2, 0) is 11.3 Å². The number of fused-ring (bicyclic) bond motifs is 1. The molecule has 3 N–H and O–H groups in total. The maximum Gasteiger partial charge on any atom is 0.225 e. The third kappa shape index (κ3) is 4.23. The van der Waals surface area contributed by atoms with Crippen LogP contribution in [0.25, 0.3) is 0 Å². The number of aliphatic imine (C=N–C) groups is 1. The fraction of sp³-hybridized carbons (Fsp3) is 0.333. The van der Waals surface area contributed by atoms with Crippen molar-refractivity contribution in [2.75, 3.05) is 18.9 Å². The summed E-state index contributed by atoms with van der Waals surface area (Å²) < 4.78 is 0. The zero-order valence-electron chi connectivity index (χ0n) is 15.6. The van der Waals surface area contributed by atoms with Crippen molar-refractivity contribution in [3.8, 4) is 0 Å². The van der Waals surface area contributed by atoms with Crippen molar-refractivity contribution in [2.45, 2.75) is 32.7 Å². The Bertz CT molecular complexity index is 829. The summed E-state index contributed by atoms with van der Waals surface area (Å²) in [6.07, 6.45) is 0.484. The Morgan fingerprint density at radius 1 is 1.19 bits per heavy atom. The molecule has 5 nitrogen and oxygen atoms in total. The van der Waals surface area contributed by atoms with Gasteiger partial charge in [-0.2, -0.15) is 0 Å². The first kappa shape index (κ1) is 18.0. The second kappa shape index (κ2) is 8.04. The zero-order chi connectivity index (χ0) is 18.5. The monoisotopic (exact) mass is 350 g/mol. The molecular weight excluding hydrogens is 324 g/mol. The van der Waals surface area contributed by atoms with Crippen LogP contribution in [0, 0.1) is 13.8 Å². The third-order valence-corrected chi connectivity index (χ3v) is 4.79. The summed E-state index contributed by atoms with van der Waals surface area (Å²) >= 11 is 0. The van der Waals surface area contributed by atoms with E-state index in [1.54, 1.807) is 7.05 Å². The van der Waals surface area contributed by atoms with Gasteiger partial charge in [0, 0.05) is 38.2 Å². The van der Waals surface area contributed by atoms with E-state index in [9.17, 15) is 4.79 Å². The van der Waals surface area contributed by atoms with Gasteiger partial charge in [-0.15, -0.1) is 0 Å². The van der Waals surface area contributed by atoms with E-state index >= 15 is 0 Å². The highest BCUT2D eigenvalue weighted by Gasteiger charge is 2.24. The van der Waals surface area contributed by atoms with Gasteiger partial charge in [-0.1, -0.05) is 42.0 Å². The highest BCUT2D eigenvalue weighted by Crippen LogP contribution is 2.31. The minimum atomic E-state index is 0.0636. The average molecular weight is 350 g/mol. The number of benzene rings is 2. The van der Waals surface area contributed by atoms with Crippen LogP contribution in [-0.4, -0.2) is 25.5 Å². The smallest absolute Gasteiger partial charge is 0.225 e. The molecule has 0 spiro atoms. The molecular formula is C21H26N4O. The molecule has 0 saturated heterocycles. The molecule has 5 heteroatoms. The van der Waals surface area contributed by atoms with Gasteiger partial charge in [0.25, 0.3) is 0 Å². The highest BCUT2D eigenvalue weighted by atomic mass is 16.1. The average Bonchev–Trinajstić information content (AvgIpc) is 2.63. The molecule has 26 heavy (non-hydrogen) atoms. The van der Waals surface area contributed by atoms with Crippen LogP contribution >= 0.6 is 0 Å². The van der Waals surface area contributed by atoms with Crippen LogP contribution in [0.4, 0.5) is 5.69 Å². The molecule has 2 aromatic carbocycles. The molecule has 2 aromatic rings. The number of amides is 1. The standard InChI is InChI=1S/C21H26N4O/c1-14-8-9-16(15(2)10-14)12-23-21(22-3)24-13-17-11-20(26)25-19-7-5-4-6-18(17)19/h4-10,17H,11-13H2,1-3H3,(H,25,26)(H2,22,23,24). The van der Waals surface area contributed by atoms with Crippen LogP contribution in [0.15, 0.2) is 47.5 Å². The second-order valence-corrected chi connectivity index (χ2v) is 6.77. The van der Waals surface area contributed by atoms with Crippen molar-refractivity contribution in [1.29, 1.82) is 0 Å². The third-order valence-electron chi connectivity index (χ3n) is 4.79. The number of carbonyl (C=O) groups is 1. The van der Waals surface area contributed by atoms with Crippen molar-refractivity contribution >= 4 is 17.6 Å². The number of carbonyl (C=O) groups excluding carboxylic acids is 1. The Morgan fingerprint density at radius 3 is 2.77 bits per heavy atom. The summed E-state index contributed by atoms with van der Waals surface area (Å²) in [7, 11) is 1.76. The van der Waals surface area contributed by atoms with Gasteiger partial charge in [-0.25, -0.2) is 0 Å². The normalized spacial score (nSPS) is 16.7. The lowest BCUT2D eigenvalue weighted by molar-refractivity contribution is -0.116. The van der Waals surface area contributed by atoms with Crippen LogP contribution in [0.5, 0.6) is 0 Å². The van der Waals surface area contributed by atoms with E-state index in [0.29, 0.717) is 19.5 Å². The summed E-state index contributed by atoms with van der Waals surface area (Å²) in [6.45, 7) is 5.60. The molecule has 1 amide bonds. The molecule has 1 heterocycles. The molecule has 0 aliphatic carbocycles. The Kier molecular flexibility index (Phi) is 5.56. The zero-order valence-corrected chi connectivity index (χ0v) is 15.6. The molecule has 3 rings (SSSR count). The molecule has 1 unspecified atom stereocenters. The maximum absolute atomic E-state index is 11.9. The first-order chi connectivity index (χ1) is 12.6. The first-order valence-corrected chi connectivity index (χ1v) is 8.96. The maximum atomic E-state index is 11.9. The van der Waals surface area contributed by atoms with E-state index in [-0.39, 0.29) is 11.8 Å². The predicted octanol–water partition coefficient (Wildman–Crippen LogP) is 3.09. The van der Waals surface area contributed by atoms with Crippen molar-refractivity contribution in [1.82, 2.24) is 10.6 Å². The minimum Gasteiger partial charge on any atom is -0.356 e. The van der Waals surface area contributed by atoms with E-state index in [0.717, 1.165) is 11.6 Å². The fourth-order valence-corrected chi connectivity index (χ4v) is 3.35. The number of hydrogen-bond donors (Lipinski definition) is 3. The van der Waals surface area contributed by atoms with Crippen molar-refractivity contribution in [3.05, 3.63) is 64.7 Å². The number of guanidine groups is 1. The van der Waals surface area contributed by atoms with E-state index in [1.807, 2.05) is 18.2 Å². The van der Waals surface area contributed by atoms with Crippen molar-refractivity contribution in [2.24, 2.45) is 4.99 Å². The van der Waals surface area contributed by atoms with E-state index < -0.39 is 0 Å². The molecule has 0 aromatic heterocycles. The Morgan fingerprint density at radius 2 is 2.00 bits per heavy atom. The number of aryl methyl sites for hydroxylation is 2. The molecule has 0 saturated carbocycles. The number of rotatable bonds is 4. The quantitative estimate of drug-likeness (QED) is 0.586. The van der Waals surface area contributed by atoms with E-state index in [1.165, 1.54) is 22.3 Å². The minimum absolute atomic E-state index is 0.0636. The Labute approximate surface area is 154 Å². The Hall–Kier alpha value is -2.82. The molecule has 0 bridgehead atoms. The summed E-state index contributed by atoms with van der Waals surface area (Å²) in [4.78, 5) is 16.2. The van der Waals surface area contributed by atoms with E-state index in [4.69, 9.17) is 0 Å². The van der Waals surface area contributed by atoms with Gasteiger partial charge in [0.2, 0.25) is 5.91 Å². The topological polar surface area (TPSA) is 65.5 Å². The molecule has 1 aliphatic heterocycles. The number of hydrogen-bond acceptors (Lipinski definition) is 2. The largest absolute Gasteiger partial charge is 0.356 e. The molecule has 0 fully saturated rings. The van der Waals surface area contributed by atoms with Crippen LogP contribution in [0.3, 0.4) is 0 Å². The van der Waals surface area contributed by atoms with Gasteiger partial charge >= 0.3 is 0 Å². The lowest BCUT2D eigenvalue weighted by Gasteiger charge is -2.26. The molecule has 136 valence electrons. The Balaban J connectivity index is 1.60. The number of para-hydroxylation sites is 1. The molecule has 1 aliphatic rings. The lowest BCUT2D eigenvalue weighted by Crippen LogP contribution is -2.40. The van der Waals surface area contributed by atoms with Gasteiger partial charge in [-0.3, -0.25) is 9.79 Å². The summed E-state index contributed by atoms with van der Waals surface area (Å²) in [5.41, 5.74) is 5.87. The first-order valence-electron chi connectivity index (χ1n) is 8.96. The summed E-state index contributed by atoms with van der Waals surface area (Å²) in [6, 6.07) is 14.4. The number of nitrogens with zero attached hydrogens (tertiary/aromatic N) is 1. The molecule has 1 atom stereocenters. The SMILES string of the molecule is CN=C(NCc1ccc(C)cc1C)NCC1CC(=O)Nc2ccccc21. The number of nitrogens with one attached hydrogen (secondary N) is 3. The predicted molar refractivity (Wildman–Crippen MR) is 107 cm³/mol. The fourth-order valence-electron chi connectivity index (χ4n) is 3.35.